The Morgan fingerprint density at radius 2 is 2.22 bits per heavy atom. The lowest BCUT2D eigenvalue weighted by molar-refractivity contribution is -0.142. The van der Waals surface area contributed by atoms with Crippen molar-refractivity contribution < 1.29 is 19.1 Å². The fourth-order valence-corrected chi connectivity index (χ4v) is 1.57. The number of furan rings is 1. The maximum absolute atomic E-state index is 11.6. The van der Waals surface area contributed by atoms with Gasteiger partial charge in [-0.25, -0.2) is 4.79 Å². The van der Waals surface area contributed by atoms with Crippen molar-refractivity contribution >= 4 is 11.9 Å². The first-order valence-electron chi connectivity index (χ1n) is 5.88. The number of nitrogens with two attached hydrogens (primary N) is 1. The lowest BCUT2D eigenvalue weighted by atomic mass is 10.1. The molecule has 0 saturated carbocycles. The van der Waals surface area contributed by atoms with E-state index in [4.69, 9.17) is 15.3 Å². The number of carbonyl (C=O) groups is 2. The van der Waals surface area contributed by atoms with Gasteiger partial charge in [0, 0.05) is 0 Å². The number of carboxylic acids is 1. The van der Waals surface area contributed by atoms with Gasteiger partial charge in [0.25, 0.3) is 0 Å². The molecule has 0 aliphatic carbocycles. The summed E-state index contributed by atoms with van der Waals surface area (Å²) in [5.41, 5.74) is 5.34. The van der Waals surface area contributed by atoms with Crippen LogP contribution in [0.1, 0.15) is 25.0 Å². The summed E-state index contributed by atoms with van der Waals surface area (Å²) in [6.45, 7) is 0.521. The topological polar surface area (TPSA) is 106 Å². The predicted octanol–water partition coefficient (Wildman–Crippen LogP) is 0.520. The highest BCUT2D eigenvalue weighted by atomic mass is 16.4. The third kappa shape index (κ3) is 5.01. The zero-order valence-electron chi connectivity index (χ0n) is 10.1. The average Bonchev–Trinajstić information content (AvgIpc) is 2.80. The van der Waals surface area contributed by atoms with Crippen LogP contribution in [0, 0.1) is 0 Å². The Balaban J connectivity index is 2.40. The highest BCUT2D eigenvalue weighted by Crippen LogP contribution is 2.04. The molecule has 1 atom stereocenters. The van der Waals surface area contributed by atoms with Gasteiger partial charge in [-0.1, -0.05) is 0 Å². The van der Waals surface area contributed by atoms with Crippen LogP contribution in [0.4, 0.5) is 0 Å². The number of nitrogens with one attached hydrogen (secondary N) is 1. The number of unbranched alkanes of at least 4 members (excludes halogenated alkanes) is 1. The molecule has 0 bridgehead atoms. The van der Waals surface area contributed by atoms with Crippen LogP contribution in [0.2, 0.25) is 0 Å². The van der Waals surface area contributed by atoms with E-state index in [-0.39, 0.29) is 12.3 Å². The van der Waals surface area contributed by atoms with Crippen molar-refractivity contribution in [3.05, 3.63) is 24.2 Å². The number of hydrogen-bond acceptors (Lipinski definition) is 4. The molecule has 4 N–H and O–H groups in total. The zero-order valence-corrected chi connectivity index (χ0v) is 10.1. The smallest absolute Gasteiger partial charge is 0.326 e. The van der Waals surface area contributed by atoms with Gasteiger partial charge in [0.15, 0.2) is 0 Å². The standard InChI is InChI=1S/C12H18N2O4/c13-6-2-1-5-10(12(16)17)14-11(15)8-9-4-3-7-18-9/h3-4,7,10H,1-2,5-6,8,13H2,(H,14,15)(H,16,17)/t10-/m0/s1. The van der Waals surface area contributed by atoms with E-state index in [1.54, 1.807) is 12.1 Å². The maximum Gasteiger partial charge on any atom is 0.326 e. The van der Waals surface area contributed by atoms with Gasteiger partial charge in [-0.2, -0.15) is 0 Å². The first-order chi connectivity index (χ1) is 8.63. The molecule has 1 rings (SSSR count). The molecule has 1 heterocycles. The minimum Gasteiger partial charge on any atom is -0.480 e. The van der Waals surface area contributed by atoms with E-state index in [0.717, 1.165) is 6.42 Å². The fraction of sp³-hybridized carbons (Fsp3) is 0.500. The number of carbonyl (C=O) groups excluding carboxylic acids is 1. The molecule has 0 radical (unpaired) electrons. The Bertz CT molecular complexity index is 375. The summed E-state index contributed by atoms with van der Waals surface area (Å²) in [5, 5.41) is 11.5. The minimum atomic E-state index is -1.03. The summed E-state index contributed by atoms with van der Waals surface area (Å²) >= 11 is 0. The molecule has 1 aromatic rings. The van der Waals surface area contributed by atoms with Crippen LogP contribution in [-0.2, 0) is 16.0 Å². The van der Waals surface area contributed by atoms with Crippen LogP contribution >= 0.6 is 0 Å². The van der Waals surface area contributed by atoms with Crippen molar-refractivity contribution in [2.75, 3.05) is 6.54 Å². The summed E-state index contributed by atoms with van der Waals surface area (Å²) in [6, 6.07) is 2.49. The third-order valence-electron chi connectivity index (χ3n) is 2.50. The van der Waals surface area contributed by atoms with E-state index in [1.807, 2.05) is 0 Å². The summed E-state index contributed by atoms with van der Waals surface area (Å²) in [7, 11) is 0. The molecule has 1 aromatic heterocycles. The van der Waals surface area contributed by atoms with Crippen molar-refractivity contribution in [1.82, 2.24) is 5.32 Å². The van der Waals surface area contributed by atoms with Crippen LogP contribution in [0.5, 0.6) is 0 Å². The summed E-state index contributed by atoms with van der Waals surface area (Å²) in [4.78, 5) is 22.6. The van der Waals surface area contributed by atoms with Gasteiger partial charge in [0.1, 0.15) is 11.8 Å². The third-order valence-corrected chi connectivity index (χ3v) is 2.50. The molecule has 6 nitrogen and oxygen atoms in total. The van der Waals surface area contributed by atoms with Crippen molar-refractivity contribution in [3.63, 3.8) is 0 Å². The SMILES string of the molecule is NCCCC[C@H](NC(=O)Cc1ccco1)C(=O)O. The second kappa shape index (κ2) is 7.50. The molecule has 0 aliphatic rings. The zero-order chi connectivity index (χ0) is 13.4. The Hall–Kier alpha value is -1.82. The van der Waals surface area contributed by atoms with Gasteiger partial charge in [-0.15, -0.1) is 0 Å². The lowest BCUT2D eigenvalue weighted by Crippen LogP contribution is -2.41. The van der Waals surface area contributed by atoms with Gasteiger partial charge >= 0.3 is 5.97 Å². The van der Waals surface area contributed by atoms with E-state index in [0.29, 0.717) is 25.1 Å². The van der Waals surface area contributed by atoms with Gasteiger partial charge in [-0.3, -0.25) is 4.79 Å². The first-order valence-corrected chi connectivity index (χ1v) is 5.88. The van der Waals surface area contributed by atoms with E-state index in [1.165, 1.54) is 6.26 Å². The van der Waals surface area contributed by atoms with Crippen molar-refractivity contribution in [2.45, 2.75) is 31.7 Å². The van der Waals surface area contributed by atoms with Crippen LogP contribution in [-0.4, -0.2) is 29.6 Å². The molecule has 0 aliphatic heterocycles. The van der Waals surface area contributed by atoms with E-state index in [2.05, 4.69) is 5.32 Å². The fourth-order valence-electron chi connectivity index (χ4n) is 1.57. The summed E-state index contributed by atoms with van der Waals surface area (Å²) in [5.74, 6) is -0.872. The van der Waals surface area contributed by atoms with Gasteiger partial charge in [0.2, 0.25) is 5.91 Å². The molecule has 100 valence electrons. The molecule has 0 fully saturated rings. The number of aliphatic carboxylic acids is 1. The lowest BCUT2D eigenvalue weighted by Gasteiger charge is -2.13. The van der Waals surface area contributed by atoms with E-state index in [9.17, 15) is 9.59 Å². The van der Waals surface area contributed by atoms with Gasteiger partial charge in [-0.05, 0) is 37.9 Å². The van der Waals surface area contributed by atoms with E-state index >= 15 is 0 Å². The molecule has 18 heavy (non-hydrogen) atoms. The second-order valence-electron chi connectivity index (χ2n) is 4.00. The quantitative estimate of drug-likeness (QED) is 0.586. The van der Waals surface area contributed by atoms with Crippen LogP contribution < -0.4 is 11.1 Å². The van der Waals surface area contributed by atoms with Crippen LogP contribution in [0.25, 0.3) is 0 Å². The minimum absolute atomic E-state index is 0.0493. The number of rotatable bonds is 8. The Morgan fingerprint density at radius 3 is 2.78 bits per heavy atom. The molecule has 0 saturated heterocycles. The Morgan fingerprint density at radius 1 is 1.44 bits per heavy atom. The van der Waals surface area contributed by atoms with Crippen molar-refractivity contribution in [1.29, 1.82) is 0 Å². The van der Waals surface area contributed by atoms with E-state index < -0.39 is 12.0 Å². The number of carboxylic acid groups (broad SMARTS) is 1. The largest absolute Gasteiger partial charge is 0.480 e. The highest BCUT2D eigenvalue weighted by molar-refractivity contribution is 5.84. The predicted molar refractivity (Wildman–Crippen MR) is 64.9 cm³/mol. The van der Waals surface area contributed by atoms with Crippen molar-refractivity contribution in [2.24, 2.45) is 5.73 Å². The number of amides is 1. The molecular formula is C12H18N2O4. The Labute approximate surface area is 105 Å². The Kier molecular flexibility index (Phi) is 5.93. The molecule has 6 heteroatoms. The first kappa shape index (κ1) is 14.2. The maximum atomic E-state index is 11.6. The summed E-state index contributed by atoms with van der Waals surface area (Å²) < 4.78 is 5.02. The normalized spacial score (nSPS) is 12.1. The van der Waals surface area contributed by atoms with Gasteiger partial charge < -0.3 is 20.6 Å². The van der Waals surface area contributed by atoms with Gasteiger partial charge in [0.05, 0.1) is 12.7 Å². The number of hydrogen-bond donors (Lipinski definition) is 3. The van der Waals surface area contributed by atoms with Crippen LogP contribution in [0.3, 0.4) is 0 Å². The molecular weight excluding hydrogens is 236 g/mol. The van der Waals surface area contributed by atoms with Crippen molar-refractivity contribution in [3.8, 4) is 0 Å². The second-order valence-corrected chi connectivity index (χ2v) is 4.00. The molecule has 0 spiro atoms. The molecule has 0 unspecified atom stereocenters. The summed E-state index contributed by atoms with van der Waals surface area (Å²) in [6.07, 6.45) is 3.33. The monoisotopic (exact) mass is 254 g/mol. The highest BCUT2D eigenvalue weighted by Gasteiger charge is 2.19. The average molecular weight is 254 g/mol. The molecule has 1 amide bonds. The van der Waals surface area contributed by atoms with Crippen LogP contribution in [0.15, 0.2) is 22.8 Å². The molecule has 0 aromatic carbocycles.